The number of carbonyl (C=O) groups excluding carboxylic acids is 1. The molecule has 30 heavy (non-hydrogen) atoms. The molecule has 1 aromatic heterocycles. The Bertz CT molecular complexity index is 984. The van der Waals surface area contributed by atoms with Gasteiger partial charge in [0, 0.05) is 23.2 Å². The Morgan fingerprint density at radius 3 is 2.47 bits per heavy atom. The topological polar surface area (TPSA) is 63.7 Å². The summed E-state index contributed by atoms with van der Waals surface area (Å²) in [6, 6.07) is 13.7. The summed E-state index contributed by atoms with van der Waals surface area (Å²) in [4.78, 5) is 19.2. The fraction of sp³-hybridized carbons (Fsp3) is 0.304. The van der Waals surface area contributed by atoms with Gasteiger partial charge in [0.2, 0.25) is 5.91 Å². The lowest BCUT2D eigenvalue weighted by molar-refractivity contribution is -0.115. The van der Waals surface area contributed by atoms with Crippen molar-refractivity contribution in [2.45, 2.75) is 12.8 Å². The summed E-state index contributed by atoms with van der Waals surface area (Å²) in [6.45, 7) is 0.998. The maximum absolute atomic E-state index is 12.4. The number of ether oxygens (including phenoxy) is 2. The molecule has 0 radical (unpaired) electrons. The number of methoxy groups -OCH3 is 2. The Labute approximate surface area is 181 Å². The van der Waals surface area contributed by atoms with E-state index in [-0.39, 0.29) is 12.3 Å². The van der Waals surface area contributed by atoms with Gasteiger partial charge in [-0.1, -0.05) is 12.1 Å². The van der Waals surface area contributed by atoms with Crippen LogP contribution in [0.15, 0.2) is 47.8 Å². The van der Waals surface area contributed by atoms with E-state index in [1.54, 1.807) is 14.2 Å². The third-order valence-electron chi connectivity index (χ3n) is 4.61. The van der Waals surface area contributed by atoms with Gasteiger partial charge in [-0.25, -0.2) is 4.98 Å². The summed E-state index contributed by atoms with van der Waals surface area (Å²) >= 11 is 1.50. The number of carbonyl (C=O) groups is 1. The Hall–Kier alpha value is -2.90. The highest BCUT2D eigenvalue weighted by molar-refractivity contribution is 7.13. The molecule has 0 atom stereocenters. The quantitative estimate of drug-likeness (QED) is 0.559. The molecule has 0 aliphatic heterocycles. The molecule has 0 saturated heterocycles. The van der Waals surface area contributed by atoms with Crippen molar-refractivity contribution in [1.29, 1.82) is 0 Å². The number of rotatable bonds is 9. The fourth-order valence-corrected chi connectivity index (χ4v) is 3.78. The molecular formula is C23H27N3O3S. The Morgan fingerprint density at radius 2 is 1.80 bits per heavy atom. The SMILES string of the molecule is COc1ccc(-c2nc(CC(=O)Nc3ccc(CCN(C)C)cc3)cs2)cc1OC. The van der Waals surface area contributed by atoms with E-state index in [9.17, 15) is 4.79 Å². The normalized spacial score (nSPS) is 10.8. The molecule has 0 saturated carbocycles. The van der Waals surface area contributed by atoms with Gasteiger partial charge in [0.05, 0.1) is 26.3 Å². The Balaban J connectivity index is 1.60. The van der Waals surface area contributed by atoms with Crippen molar-refractivity contribution in [3.05, 3.63) is 59.1 Å². The van der Waals surface area contributed by atoms with Crippen LogP contribution in [0.25, 0.3) is 10.6 Å². The monoisotopic (exact) mass is 425 g/mol. The predicted molar refractivity (Wildman–Crippen MR) is 122 cm³/mol. The van der Waals surface area contributed by atoms with Crippen molar-refractivity contribution in [2.75, 3.05) is 40.2 Å². The molecule has 0 bridgehead atoms. The first-order chi connectivity index (χ1) is 14.5. The second-order valence-corrected chi connectivity index (χ2v) is 8.05. The van der Waals surface area contributed by atoms with Crippen LogP contribution in [0, 0.1) is 0 Å². The van der Waals surface area contributed by atoms with Crippen LogP contribution in [-0.2, 0) is 17.6 Å². The number of nitrogens with zero attached hydrogens (tertiary/aromatic N) is 2. The lowest BCUT2D eigenvalue weighted by Crippen LogP contribution is -2.15. The van der Waals surface area contributed by atoms with Crippen LogP contribution in [0.5, 0.6) is 11.5 Å². The van der Waals surface area contributed by atoms with E-state index in [4.69, 9.17) is 9.47 Å². The molecule has 0 fully saturated rings. The van der Waals surface area contributed by atoms with Gasteiger partial charge in [0.15, 0.2) is 11.5 Å². The summed E-state index contributed by atoms with van der Waals surface area (Å²) in [5.74, 6) is 1.24. The molecule has 3 rings (SSSR count). The number of nitrogens with one attached hydrogen (secondary N) is 1. The average Bonchev–Trinajstić information content (AvgIpc) is 3.20. The number of hydrogen-bond acceptors (Lipinski definition) is 6. The predicted octanol–water partition coefficient (Wildman–Crippen LogP) is 4.11. The van der Waals surface area contributed by atoms with Crippen molar-refractivity contribution in [3.8, 4) is 22.1 Å². The van der Waals surface area contributed by atoms with E-state index in [0.717, 1.165) is 34.9 Å². The summed E-state index contributed by atoms with van der Waals surface area (Å²) in [6.07, 6.45) is 1.21. The summed E-state index contributed by atoms with van der Waals surface area (Å²) in [5, 5.41) is 5.69. The number of hydrogen-bond donors (Lipinski definition) is 1. The average molecular weight is 426 g/mol. The number of likely N-dealkylation sites (N-methyl/N-ethyl adjacent to an activating group) is 1. The molecule has 7 heteroatoms. The first kappa shape index (κ1) is 21.8. The third kappa shape index (κ3) is 5.81. The van der Waals surface area contributed by atoms with E-state index < -0.39 is 0 Å². The summed E-state index contributed by atoms with van der Waals surface area (Å²) in [7, 11) is 7.33. The zero-order valence-corrected chi connectivity index (χ0v) is 18.6. The lowest BCUT2D eigenvalue weighted by atomic mass is 10.1. The third-order valence-corrected chi connectivity index (χ3v) is 5.55. The second kappa shape index (κ2) is 10.2. The first-order valence-electron chi connectivity index (χ1n) is 9.69. The number of benzene rings is 2. The Kier molecular flexibility index (Phi) is 7.43. The summed E-state index contributed by atoms with van der Waals surface area (Å²) in [5.41, 5.74) is 3.72. The van der Waals surface area contributed by atoms with E-state index in [1.807, 2.05) is 35.7 Å². The Morgan fingerprint density at radius 1 is 1.07 bits per heavy atom. The molecule has 2 aromatic carbocycles. The smallest absolute Gasteiger partial charge is 0.230 e. The highest BCUT2D eigenvalue weighted by atomic mass is 32.1. The maximum Gasteiger partial charge on any atom is 0.230 e. The van der Waals surface area contributed by atoms with Gasteiger partial charge in [0.1, 0.15) is 5.01 Å². The number of amides is 1. The van der Waals surface area contributed by atoms with Crippen LogP contribution >= 0.6 is 11.3 Å². The minimum atomic E-state index is -0.0831. The van der Waals surface area contributed by atoms with Crippen molar-refractivity contribution in [2.24, 2.45) is 0 Å². The molecule has 0 spiro atoms. The van der Waals surface area contributed by atoms with Crippen LogP contribution in [0.3, 0.4) is 0 Å². The zero-order chi connectivity index (χ0) is 21.5. The molecule has 1 amide bonds. The molecule has 1 N–H and O–H groups in total. The van der Waals surface area contributed by atoms with Gasteiger partial charge in [-0.05, 0) is 56.4 Å². The molecule has 6 nitrogen and oxygen atoms in total. The molecule has 158 valence electrons. The highest BCUT2D eigenvalue weighted by Crippen LogP contribution is 2.33. The van der Waals surface area contributed by atoms with Gasteiger partial charge >= 0.3 is 0 Å². The number of thiazole rings is 1. The largest absolute Gasteiger partial charge is 0.493 e. The molecule has 0 aliphatic rings. The van der Waals surface area contributed by atoms with E-state index >= 15 is 0 Å². The van der Waals surface area contributed by atoms with Gasteiger partial charge in [-0.15, -0.1) is 11.3 Å². The number of anilines is 1. The molecule has 3 aromatic rings. The fourth-order valence-electron chi connectivity index (χ4n) is 2.97. The lowest BCUT2D eigenvalue weighted by Gasteiger charge is -2.10. The number of aromatic nitrogens is 1. The van der Waals surface area contributed by atoms with E-state index in [2.05, 4.69) is 41.4 Å². The van der Waals surface area contributed by atoms with E-state index in [1.165, 1.54) is 16.9 Å². The molecular weight excluding hydrogens is 398 g/mol. The van der Waals surface area contributed by atoms with Crippen molar-refractivity contribution in [3.63, 3.8) is 0 Å². The van der Waals surface area contributed by atoms with Gasteiger partial charge in [0.25, 0.3) is 0 Å². The van der Waals surface area contributed by atoms with Gasteiger partial charge < -0.3 is 19.7 Å². The molecule has 0 aliphatic carbocycles. The summed E-state index contributed by atoms with van der Waals surface area (Å²) < 4.78 is 10.6. The molecule has 1 heterocycles. The van der Waals surface area contributed by atoms with Crippen LogP contribution in [0.2, 0.25) is 0 Å². The standard InChI is InChI=1S/C23H27N3O3S/c1-26(2)12-11-16-5-8-18(9-6-16)24-22(27)14-19-15-30-23(25-19)17-7-10-20(28-3)21(13-17)29-4/h5-10,13,15H,11-12,14H2,1-4H3,(H,24,27). The van der Waals surface area contributed by atoms with E-state index in [0.29, 0.717) is 11.5 Å². The maximum atomic E-state index is 12.4. The first-order valence-corrected chi connectivity index (χ1v) is 10.6. The zero-order valence-electron chi connectivity index (χ0n) is 17.8. The van der Waals surface area contributed by atoms with Crippen LogP contribution in [0.1, 0.15) is 11.3 Å². The van der Waals surface area contributed by atoms with Crippen LogP contribution in [0.4, 0.5) is 5.69 Å². The van der Waals surface area contributed by atoms with Crippen molar-refractivity contribution < 1.29 is 14.3 Å². The minimum absolute atomic E-state index is 0.0831. The van der Waals surface area contributed by atoms with Crippen LogP contribution in [-0.4, -0.2) is 50.7 Å². The molecule has 0 unspecified atom stereocenters. The second-order valence-electron chi connectivity index (χ2n) is 7.19. The van der Waals surface area contributed by atoms with Gasteiger partial charge in [-0.3, -0.25) is 4.79 Å². The van der Waals surface area contributed by atoms with Crippen molar-refractivity contribution >= 4 is 22.9 Å². The van der Waals surface area contributed by atoms with Gasteiger partial charge in [-0.2, -0.15) is 0 Å². The van der Waals surface area contributed by atoms with Crippen molar-refractivity contribution in [1.82, 2.24) is 9.88 Å². The highest BCUT2D eigenvalue weighted by Gasteiger charge is 2.12. The minimum Gasteiger partial charge on any atom is -0.493 e. The van der Waals surface area contributed by atoms with Crippen LogP contribution < -0.4 is 14.8 Å².